The topological polar surface area (TPSA) is 103 Å². The molecule has 1 amide bonds. The van der Waals surface area contributed by atoms with Crippen LogP contribution < -0.4 is 0 Å². The van der Waals surface area contributed by atoms with Crippen molar-refractivity contribution < 1.29 is 9.21 Å². The summed E-state index contributed by atoms with van der Waals surface area (Å²) in [6, 6.07) is 5.56. The van der Waals surface area contributed by atoms with E-state index in [1.54, 1.807) is 19.1 Å². The van der Waals surface area contributed by atoms with Crippen LogP contribution in [-0.4, -0.2) is 54.3 Å². The van der Waals surface area contributed by atoms with Crippen LogP contribution in [0.15, 0.2) is 28.7 Å². The van der Waals surface area contributed by atoms with Gasteiger partial charge in [0.25, 0.3) is 0 Å². The Kier molecular flexibility index (Phi) is 5.73. The van der Waals surface area contributed by atoms with Gasteiger partial charge in [-0.15, -0.1) is 20.4 Å². The van der Waals surface area contributed by atoms with Crippen LogP contribution in [-0.2, 0) is 11.3 Å². The maximum absolute atomic E-state index is 12.8. The highest BCUT2D eigenvalue weighted by molar-refractivity contribution is 6.30. The number of rotatable bonds is 6. The summed E-state index contributed by atoms with van der Waals surface area (Å²) >= 11 is 6.18. The molecule has 0 radical (unpaired) electrons. The van der Waals surface area contributed by atoms with E-state index in [1.807, 2.05) is 23.1 Å². The largest absolute Gasteiger partial charge is 0.425 e. The van der Waals surface area contributed by atoms with Gasteiger partial charge in [-0.1, -0.05) is 17.7 Å². The highest BCUT2D eigenvalue weighted by Gasteiger charge is 2.32. The SMILES string of the molecule is Cc1nnn(Cc2cc(Cl)ccc2/C=C/C(=O)N2CCC(c3nnc(C4CC4)o3)CC2)n1. The Labute approximate surface area is 190 Å². The van der Waals surface area contributed by atoms with Gasteiger partial charge in [0, 0.05) is 36.0 Å². The monoisotopic (exact) mass is 453 g/mol. The van der Waals surface area contributed by atoms with Crippen molar-refractivity contribution in [3.63, 3.8) is 0 Å². The molecule has 1 aliphatic heterocycles. The predicted molar refractivity (Wildman–Crippen MR) is 117 cm³/mol. The lowest BCUT2D eigenvalue weighted by molar-refractivity contribution is -0.127. The standard InChI is InChI=1S/C22H24ClN7O2/c1-14-24-28-30(27-14)13-18-12-19(23)6-4-15(18)5-7-20(31)29-10-8-17(9-11-29)22-26-25-21(32-22)16-2-3-16/h4-7,12,16-17H,2-3,8-11,13H2,1H3/b7-5+. The summed E-state index contributed by atoms with van der Waals surface area (Å²) in [5.41, 5.74) is 1.81. The van der Waals surface area contributed by atoms with Crippen LogP contribution in [0.3, 0.4) is 0 Å². The molecule has 0 spiro atoms. The number of hydrogen-bond acceptors (Lipinski definition) is 7. The van der Waals surface area contributed by atoms with Gasteiger partial charge in [-0.25, -0.2) is 0 Å². The van der Waals surface area contributed by atoms with Crippen molar-refractivity contribution >= 4 is 23.6 Å². The summed E-state index contributed by atoms with van der Waals surface area (Å²) in [5.74, 6) is 2.78. The van der Waals surface area contributed by atoms with Crippen LogP contribution in [0.5, 0.6) is 0 Å². The number of piperidine rings is 1. The lowest BCUT2D eigenvalue weighted by atomic mass is 9.96. The summed E-state index contributed by atoms with van der Waals surface area (Å²) in [6.07, 6.45) is 7.38. The normalized spacial score (nSPS) is 17.4. The maximum Gasteiger partial charge on any atom is 0.246 e. The van der Waals surface area contributed by atoms with Gasteiger partial charge in [0.1, 0.15) is 0 Å². The second-order valence-corrected chi connectivity index (χ2v) is 8.83. The van der Waals surface area contributed by atoms with Crippen LogP contribution in [0.4, 0.5) is 0 Å². The second-order valence-electron chi connectivity index (χ2n) is 8.40. The average Bonchev–Trinajstić information content (AvgIpc) is 3.38. The predicted octanol–water partition coefficient (Wildman–Crippen LogP) is 3.36. The van der Waals surface area contributed by atoms with Crippen molar-refractivity contribution in [2.75, 3.05) is 13.1 Å². The maximum atomic E-state index is 12.8. The van der Waals surface area contributed by atoms with Crippen LogP contribution in [0, 0.1) is 6.92 Å². The molecule has 3 aromatic rings. The van der Waals surface area contributed by atoms with Gasteiger partial charge in [0.2, 0.25) is 17.7 Å². The minimum atomic E-state index is -0.0109. The van der Waals surface area contributed by atoms with E-state index < -0.39 is 0 Å². The van der Waals surface area contributed by atoms with E-state index >= 15 is 0 Å². The number of nitrogens with zero attached hydrogens (tertiary/aromatic N) is 7. The first kappa shape index (κ1) is 20.8. The van der Waals surface area contributed by atoms with E-state index in [-0.39, 0.29) is 11.8 Å². The first-order chi connectivity index (χ1) is 15.5. The Morgan fingerprint density at radius 1 is 1.12 bits per heavy atom. The van der Waals surface area contributed by atoms with Gasteiger partial charge >= 0.3 is 0 Å². The molecule has 0 unspecified atom stereocenters. The molecule has 10 heteroatoms. The minimum absolute atomic E-state index is 0.0109. The quantitative estimate of drug-likeness (QED) is 0.527. The van der Waals surface area contributed by atoms with Crippen molar-refractivity contribution in [3.05, 3.63) is 58.0 Å². The minimum Gasteiger partial charge on any atom is -0.425 e. The first-order valence-electron chi connectivity index (χ1n) is 10.9. The van der Waals surface area contributed by atoms with Gasteiger partial charge in [0.15, 0.2) is 5.82 Å². The molecule has 2 aromatic heterocycles. The number of carbonyl (C=O) groups is 1. The number of carbonyl (C=O) groups excluding carboxylic acids is 1. The molecule has 166 valence electrons. The zero-order valence-corrected chi connectivity index (χ0v) is 18.6. The van der Waals surface area contributed by atoms with Crippen molar-refractivity contribution in [3.8, 4) is 0 Å². The van der Waals surface area contributed by atoms with E-state index in [0.717, 1.165) is 48.6 Å². The number of hydrogen-bond donors (Lipinski definition) is 0. The third kappa shape index (κ3) is 4.72. The lowest BCUT2D eigenvalue weighted by Crippen LogP contribution is -2.36. The third-order valence-electron chi connectivity index (χ3n) is 5.91. The van der Waals surface area contributed by atoms with E-state index in [2.05, 4.69) is 25.6 Å². The molecule has 1 saturated heterocycles. The van der Waals surface area contributed by atoms with Crippen LogP contribution >= 0.6 is 11.6 Å². The number of likely N-dealkylation sites (tertiary alicyclic amines) is 1. The molecule has 2 aliphatic rings. The molecule has 5 rings (SSSR count). The molecule has 1 saturated carbocycles. The smallest absolute Gasteiger partial charge is 0.246 e. The Hall–Kier alpha value is -3.07. The summed E-state index contributed by atoms with van der Waals surface area (Å²) in [4.78, 5) is 16.2. The molecule has 1 aliphatic carbocycles. The van der Waals surface area contributed by atoms with Gasteiger partial charge in [-0.2, -0.15) is 4.80 Å². The summed E-state index contributed by atoms with van der Waals surface area (Å²) in [6.45, 7) is 3.55. The van der Waals surface area contributed by atoms with Crippen LogP contribution in [0.1, 0.15) is 66.3 Å². The zero-order chi connectivity index (χ0) is 22.1. The highest BCUT2D eigenvalue weighted by atomic mass is 35.5. The van der Waals surface area contributed by atoms with Crippen LogP contribution in [0.2, 0.25) is 5.02 Å². The number of tetrazole rings is 1. The van der Waals surface area contributed by atoms with E-state index in [4.69, 9.17) is 16.0 Å². The molecule has 1 aromatic carbocycles. The summed E-state index contributed by atoms with van der Waals surface area (Å²) in [5, 5.41) is 21.2. The van der Waals surface area contributed by atoms with Crippen molar-refractivity contribution in [2.24, 2.45) is 0 Å². The van der Waals surface area contributed by atoms with Crippen molar-refractivity contribution in [1.29, 1.82) is 0 Å². The van der Waals surface area contributed by atoms with Crippen LogP contribution in [0.25, 0.3) is 6.08 Å². The molecule has 0 atom stereocenters. The number of aryl methyl sites for hydroxylation is 1. The molecular weight excluding hydrogens is 430 g/mol. The summed E-state index contributed by atoms with van der Waals surface area (Å²) in [7, 11) is 0. The molecule has 2 fully saturated rings. The average molecular weight is 454 g/mol. The Balaban J connectivity index is 1.21. The van der Waals surface area contributed by atoms with E-state index in [1.165, 1.54) is 4.80 Å². The molecule has 9 nitrogen and oxygen atoms in total. The number of benzene rings is 1. The Bertz CT molecular complexity index is 1140. The molecule has 0 N–H and O–H groups in total. The number of halogens is 1. The summed E-state index contributed by atoms with van der Waals surface area (Å²) < 4.78 is 5.85. The number of amides is 1. The lowest BCUT2D eigenvalue weighted by Gasteiger charge is -2.29. The fourth-order valence-corrected chi connectivity index (χ4v) is 4.13. The molecule has 32 heavy (non-hydrogen) atoms. The van der Waals surface area contributed by atoms with Crippen molar-refractivity contribution in [2.45, 2.75) is 51.0 Å². The second kappa shape index (κ2) is 8.82. The molecular formula is C22H24ClN7O2. The fourth-order valence-electron chi connectivity index (χ4n) is 3.94. The fraction of sp³-hybridized carbons (Fsp3) is 0.455. The van der Waals surface area contributed by atoms with Gasteiger partial charge in [-0.05, 0) is 67.2 Å². The van der Waals surface area contributed by atoms with Gasteiger partial charge in [0.05, 0.1) is 6.54 Å². The first-order valence-corrected chi connectivity index (χ1v) is 11.3. The van der Waals surface area contributed by atoms with Crippen molar-refractivity contribution in [1.82, 2.24) is 35.3 Å². The zero-order valence-electron chi connectivity index (χ0n) is 17.8. The molecule has 3 heterocycles. The van der Waals surface area contributed by atoms with E-state index in [0.29, 0.717) is 36.4 Å². The van der Waals surface area contributed by atoms with Gasteiger partial charge in [-0.3, -0.25) is 4.79 Å². The highest BCUT2D eigenvalue weighted by Crippen LogP contribution is 2.40. The van der Waals surface area contributed by atoms with E-state index in [9.17, 15) is 4.79 Å². The van der Waals surface area contributed by atoms with Gasteiger partial charge < -0.3 is 9.32 Å². The number of aromatic nitrogens is 6. The Morgan fingerprint density at radius 2 is 1.84 bits per heavy atom. The Morgan fingerprint density at radius 3 is 2.50 bits per heavy atom. The molecule has 0 bridgehead atoms. The third-order valence-corrected chi connectivity index (χ3v) is 6.15.